The normalized spacial score (nSPS) is 32.3. The number of fused-ring (bicyclic) bond motifs is 3. The lowest BCUT2D eigenvalue weighted by Gasteiger charge is -2.54. The number of carbonyl (C=O) groups is 12. The predicted octanol–water partition coefficient (Wildman–Crippen LogP) is 5.80. The maximum atomic E-state index is 15.8. The molecule has 610 valence electrons. The Hall–Kier alpha value is -6.76. The van der Waals surface area contributed by atoms with Crippen molar-refractivity contribution in [3.05, 3.63) is 12.2 Å². The molecule has 3 N–H and O–H groups in total. The van der Waals surface area contributed by atoms with Gasteiger partial charge in [0.15, 0.2) is 0 Å². The first-order chi connectivity index (χ1) is 50.7. The summed E-state index contributed by atoms with van der Waals surface area (Å²) in [5, 5.41) is 7.20. The average Bonchev–Trinajstić information content (AvgIpc) is 1.05. The Kier molecular flexibility index (Phi) is 31.5. The topological polar surface area (TPSA) is 289 Å². The number of hydrogen-bond donors (Lipinski definition) is 3. The summed E-state index contributed by atoms with van der Waals surface area (Å²) >= 11 is 6.11. The van der Waals surface area contributed by atoms with E-state index in [4.69, 9.17) is 21.1 Å². The zero-order chi connectivity index (χ0) is 80.2. The molecular formula is C76H120ClF5N12O14. The molecule has 12 atom stereocenters. The van der Waals surface area contributed by atoms with Crippen LogP contribution in [-0.2, 0) is 67.0 Å². The molecule has 3 heterocycles. The lowest BCUT2D eigenvalue weighted by atomic mass is 9.58. The van der Waals surface area contributed by atoms with Crippen molar-refractivity contribution in [2.75, 3.05) is 102 Å². The molecule has 7 aliphatic rings. The number of nitrogens with zero attached hydrogens (tertiary/aromatic N) is 9. The van der Waals surface area contributed by atoms with Crippen molar-refractivity contribution in [1.29, 1.82) is 0 Å². The van der Waals surface area contributed by atoms with Crippen LogP contribution in [0.5, 0.6) is 0 Å². The number of carbonyl (C=O) groups excluding carboxylic acids is 12. The smallest absolute Gasteiger partial charge is 0.382 e. The van der Waals surface area contributed by atoms with Gasteiger partial charge < -0.3 is 69.5 Å². The van der Waals surface area contributed by atoms with E-state index in [-0.39, 0.29) is 116 Å². The number of amides is 12. The van der Waals surface area contributed by atoms with Crippen molar-refractivity contribution in [3.8, 4) is 0 Å². The van der Waals surface area contributed by atoms with Crippen molar-refractivity contribution < 1.29 is 89.0 Å². The molecule has 12 amide bonds. The van der Waals surface area contributed by atoms with Crippen LogP contribution in [-0.4, -0.2) is 301 Å². The molecule has 7 rings (SSSR count). The second-order valence-corrected chi connectivity index (χ2v) is 33.1. The minimum atomic E-state index is -4.48. The van der Waals surface area contributed by atoms with Gasteiger partial charge in [0, 0.05) is 89.1 Å². The molecule has 108 heavy (non-hydrogen) atoms. The quantitative estimate of drug-likeness (QED) is 0.0993. The van der Waals surface area contributed by atoms with E-state index in [9.17, 15) is 41.9 Å². The minimum Gasteiger partial charge on any atom is -0.382 e. The number of halogens is 6. The first kappa shape index (κ1) is 88.5. The summed E-state index contributed by atoms with van der Waals surface area (Å²) in [6.07, 6.45) is -3.75. The van der Waals surface area contributed by atoms with Crippen molar-refractivity contribution in [2.24, 2.45) is 35.0 Å². The van der Waals surface area contributed by atoms with Crippen LogP contribution in [0.3, 0.4) is 0 Å². The number of rotatable bonds is 15. The Balaban J connectivity index is 1.34. The maximum absolute atomic E-state index is 15.8. The summed E-state index contributed by atoms with van der Waals surface area (Å²) in [5.74, 6) is -12.9. The molecule has 2 unspecified atom stereocenters. The van der Waals surface area contributed by atoms with Gasteiger partial charge in [0.25, 0.3) is 0 Å². The highest BCUT2D eigenvalue weighted by atomic mass is 35.5. The number of alkyl halides is 6. The number of hydrogen-bond acceptors (Lipinski definition) is 14. The van der Waals surface area contributed by atoms with Crippen molar-refractivity contribution in [3.63, 3.8) is 0 Å². The lowest BCUT2D eigenvalue weighted by molar-refractivity contribution is -0.184. The Morgan fingerprint density at radius 3 is 1.92 bits per heavy atom. The maximum Gasteiger partial charge on any atom is 0.391 e. The molecule has 2 saturated heterocycles. The van der Waals surface area contributed by atoms with Crippen LogP contribution in [0.2, 0.25) is 0 Å². The standard InChI is InChI=1S/C76H120ClF5N12O14/c1-15-32-86(7)68(101)56-38-60(96)90(11)58(42-107-14)65(98)84-63(45(4)16-2)71(104)88(9)41-61(97)89(10)54-25-19-18-22-33-93(70(54)103)57(36-46-26-29-49(30-27-46)76(80,81)82)69(102)87(8)40-59(95)83-53(31-28-47-34-51(78)62(77)52(79)35-47)67(100)94-39-50(108-17-3)37-55(94)66(99)85-75(43-74(5,6)44-75)73(106)92(13)64(72(105)91(56)12)48-23-20-21-24-48/h18-19,45-58,62-64H,15-17,20-44H2,1-14H3,(H,83,95)(H,84,98)(H,85,99)/b19-18-/t45-,46?,47?,49?,50+,51?,52?,53-,54-,55-,56-,57-,58-,62?,63-,64-/m0/s1. The summed E-state index contributed by atoms with van der Waals surface area (Å²) in [6.45, 7) is 9.07. The molecule has 0 aromatic carbocycles. The van der Waals surface area contributed by atoms with E-state index in [0.717, 1.165) is 24.5 Å². The largest absolute Gasteiger partial charge is 0.391 e. The zero-order valence-corrected chi connectivity index (χ0v) is 66.5. The van der Waals surface area contributed by atoms with Crippen LogP contribution in [0.25, 0.3) is 0 Å². The zero-order valence-electron chi connectivity index (χ0n) is 65.8. The molecule has 3 aliphatic heterocycles. The third-order valence-electron chi connectivity index (χ3n) is 23.9. The Labute approximate surface area is 638 Å². The summed E-state index contributed by atoms with van der Waals surface area (Å²) in [6, 6.07) is -11.2. The van der Waals surface area contributed by atoms with E-state index in [1.807, 2.05) is 20.8 Å². The third kappa shape index (κ3) is 21.5. The van der Waals surface area contributed by atoms with Crippen molar-refractivity contribution in [2.45, 2.75) is 260 Å². The van der Waals surface area contributed by atoms with E-state index in [2.05, 4.69) is 16.0 Å². The van der Waals surface area contributed by atoms with E-state index >= 15 is 37.5 Å². The highest BCUT2D eigenvalue weighted by Crippen LogP contribution is 2.50. The van der Waals surface area contributed by atoms with Gasteiger partial charge in [-0.25, -0.2) is 8.78 Å². The molecule has 0 aromatic heterocycles. The van der Waals surface area contributed by atoms with E-state index in [0.29, 0.717) is 38.5 Å². The molecule has 0 radical (unpaired) electrons. The van der Waals surface area contributed by atoms with Gasteiger partial charge in [0.1, 0.15) is 66.2 Å². The fourth-order valence-corrected chi connectivity index (χ4v) is 17.8. The number of likely N-dealkylation sites (N-methyl/N-ethyl adjacent to an activating group) is 7. The van der Waals surface area contributed by atoms with Crippen molar-refractivity contribution in [1.82, 2.24) is 60.0 Å². The van der Waals surface area contributed by atoms with Gasteiger partial charge in [0.05, 0.1) is 43.5 Å². The highest BCUT2D eigenvalue weighted by Gasteiger charge is 2.59. The van der Waals surface area contributed by atoms with Gasteiger partial charge in [-0.3, -0.25) is 57.5 Å². The SMILES string of the molecule is CCCN(C)C(=O)[C@@H]1CC(=O)N(C)[C@@H](COC)C(=O)N[C@@H]([C@@H](C)CC)C(=O)N(C)CC(=O)N(C)[C@H]2C/C=C\CCN(C2=O)[C@@H](CC2CCC(C(F)(F)F)CC2)C(=O)N(C)CC(=O)N[C@@H](CCC2CC(F)C(Cl)C(F)C2)C(=O)N2C[C@H](OCC)C[C@H]2C(=O)NC2(CC(C)(C)C2)C(=O)N(C)[C@@H](C2CCCC2)C(=O)N1C. The van der Waals surface area contributed by atoms with Gasteiger partial charge in [-0.2, -0.15) is 13.2 Å². The highest BCUT2D eigenvalue weighted by molar-refractivity contribution is 6.21. The van der Waals surface area contributed by atoms with E-state index < -0.39 is 216 Å². The Morgan fingerprint density at radius 1 is 0.704 bits per heavy atom. The third-order valence-corrected chi connectivity index (χ3v) is 24.5. The van der Waals surface area contributed by atoms with Crippen LogP contribution < -0.4 is 16.0 Å². The lowest BCUT2D eigenvalue weighted by Crippen LogP contribution is -2.71. The van der Waals surface area contributed by atoms with Gasteiger partial charge in [-0.05, 0) is 139 Å². The Morgan fingerprint density at radius 2 is 1.33 bits per heavy atom. The number of nitrogens with one attached hydrogen (secondary N) is 3. The molecule has 2 bridgehead atoms. The fourth-order valence-electron chi connectivity index (χ4n) is 17.6. The average molecular weight is 1560 g/mol. The Bertz CT molecular complexity index is 3210. The number of ether oxygens (including phenoxy) is 2. The van der Waals surface area contributed by atoms with Crippen molar-refractivity contribution >= 4 is 82.5 Å². The van der Waals surface area contributed by atoms with Crippen LogP contribution in [0.1, 0.15) is 176 Å². The molecule has 6 fully saturated rings. The summed E-state index contributed by atoms with van der Waals surface area (Å²) in [4.78, 5) is 193. The van der Waals surface area contributed by atoms with Crippen LogP contribution in [0.4, 0.5) is 22.0 Å². The number of methoxy groups -OCH3 is 1. The second-order valence-electron chi connectivity index (χ2n) is 32.5. The monoisotopic (exact) mass is 1550 g/mol. The molecule has 4 saturated carbocycles. The van der Waals surface area contributed by atoms with E-state index in [1.165, 1.54) is 76.0 Å². The molecule has 4 aliphatic carbocycles. The molecule has 0 aromatic rings. The van der Waals surface area contributed by atoms with Crippen LogP contribution in [0.15, 0.2) is 12.2 Å². The molecule has 26 nitrogen and oxygen atoms in total. The molecule has 1 spiro atoms. The molecule has 32 heteroatoms. The molecular weight excluding hydrogens is 1440 g/mol. The first-order valence-electron chi connectivity index (χ1n) is 38.8. The first-order valence-corrected chi connectivity index (χ1v) is 39.3. The predicted molar refractivity (Wildman–Crippen MR) is 392 cm³/mol. The van der Waals surface area contributed by atoms with Gasteiger partial charge in [-0.15, -0.1) is 11.6 Å². The van der Waals surface area contributed by atoms with Gasteiger partial charge >= 0.3 is 6.18 Å². The summed E-state index contributed by atoms with van der Waals surface area (Å²) < 4.78 is 84.7. The van der Waals surface area contributed by atoms with Crippen LogP contribution >= 0.6 is 11.6 Å². The summed E-state index contributed by atoms with van der Waals surface area (Å²) in [7, 11) is 11.0. The van der Waals surface area contributed by atoms with Gasteiger partial charge in [0.2, 0.25) is 70.9 Å². The summed E-state index contributed by atoms with van der Waals surface area (Å²) in [5.41, 5.74) is -2.26. The second kappa shape index (κ2) is 38.4. The van der Waals surface area contributed by atoms with E-state index in [1.54, 1.807) is 32.9 Å². The minimum absolute atomic E-state index is 0.0250. The van der Waals surface area contributed by atoms with Crippen LogP contribution in [0, 0.1) is 35.0 Å². The van der Waals surface area contributed by atoms with Gasteiger partial charge in [-0.1, -0.05) is 66.0 Å². The fraction of sp³-hybridized carbons (Fsp3) is 0.816.